The van der Waals surface area contributed by atoms with Crippen molar-refractivity contribution in [2.45, 2.75) is 57.2 Å². The Kier molecular flexibility index (Phi) is 4.62. The minimum absolute atomic E-state index is 0.527. The fraction of sp³-hybridized carbons (Fsp3) is 1.00. The van der Waals surface area contributed by atoms with Crippen LogP contribution in [0.2, 0.25) is 0 Å². The summed E-state index contributed by atoms with van der Waals surface area (Å²) in [6.45, 7) is 5.56. The van der Waals surface area contributed by atoms with E-state index in [1.807, 2.05) is 7.05 Å². The van der Waals surface area contributed by atoms with Crippen molar-refractivity contribution in [2.24, 2.45) is 0 Å². The molecule has 1 saturated carbocycles. The van der Waals surface area contributed by atoms with E-state index in [0.29, 0.717) is 18.2 Å². The molecule has 3 heteroatoms. The Morgan fingerprint density at radius 2 is 2.19 bits per heavy atom. The van der Waals surface area contributed by atoms with Gasteiger partial charge in [0.1, 0.15) is 0 Å². The maximum Gasteiger partial charge on any atom is 0.0731 e. The zero-order chi connectivity index (χ0) is 11.4. The number of fused-ring (bicyclic) bond motifs is 1. The molecular weight excluding hydrogens is 200 g/mol. The summed E-state index contributed by atoms with van der Waals surface area (Å²) < 4.78 is 5.91. The van der Waals surface area contributed by atoms with Gasteiger partial charge in [-0.3, -0.25) is 4.90 Å². The number of hydrogen-bond donors (Lipinski definition) is 1. The third kappa shape index (κ3) is 2.76. The molecule has 2 rings (SSSR count). The van der Waals surface area contributed by atoms with Crippen molar-refractivity contribution in [3.05, 3.63) is 0 Å². The fourth-order valence-electron chi connectivity index (χ4n) is 3.19. The number of rotatable bonds is 4. The van der Waals surface area contributed by atoms with Crippen molar-refractivity contribution in [1.82, 2.24) is 10.2 Å². The van der Waals surface area contributed by atoms with Crippen LogP contribution in [0.25, 0.3) is 0 Å². The highest BCUT2D eigenvalue weighted by molar-refractivity contribution is 4.89. The van der Waals surface area contributed by atoms with Gasteiger partial charge >= 0.3 is 0 Å². The van der Waals surface area contributed by atoms with Crippen LogP contribution in [0.5, 0.6) is 0 Å². The summed E-state index contributed by atoms with van der Waals surface area (Å²) in [5.41, 5.74) is 0. The smallest absolute Gasteiger partial charge is 0.0731 e. The first-order chi connectivity index (χ1) is 7.83. The maximum absolute atomic E-state index is 5.91. The van der Waals surface area contributed by atoms with Gasteiger partial charge in [-0.25, -0.2) is 0 Å². The molecule has 1 aliphatic heterocycles. The van der Waals surface area contributed by atoms with Crippen LogP contribution in [0, 0.1) is 0 Å². The Morgan fingerprint density at radius 1 is 1.38 bits per heavy atom. The van der Waals surface area contributed by atoms with Crippen molar-refractivity contribution < 1.29 is 4.74 Å². The highest BCUT2D eigenvalue weighted by Gasteiger charge is 2.35. The molecular formula is C13H26N2O. The monoisotopic (exact) mass is 226 g/mol. The van der Waals surface area contributed by atoms with Gasteiger partial charge in [-0.05, 0) is 39.8 Å². The lowest BCUT2D eigenvalue weighted by Crippen LogP contribution is -2.55. The van der Waals surface area contributed by atoms with Gasteiger partial charge in [-0.15, -0.1) is 0 Å². The summed E-state index contributed by atoms with van der Waals surface area (Å²) in [5, 5.41) is 3.25. The van der Waals surface area contributed by atoms with E-state index in [2.05, 4.69) is 17.1 Å². The van der Waals surface area contributed by atoms with E-state index >= 15 is 0 Å². The van der Waals surface area contributed by atoms with Crippen LogP contribution in [0.15, 0.2) is 0 Å². The normalized spacial score (nSPS) is 33.4. The van der Waals surface area contributed by atoms with Crippen molar-refractivity contribution >= 4 is 0 Å². The molecule has 3 unspecified atom stereocenters. The quantitative estimate of drug-likeness (QED) is 0.788. The molecule has 0 aromatic heterocycles. The molecule has 16 heavy (non-hydrogen) atoms. The topological polar surface area (TPSA) is 24.5 Å². The first-order valence-corrected chi connectivity index (χ1v) is 6.85. The molecule has 0 bridgehead atoms. The van der Waals surface area contributed by atoms with Crippen molar-refractivity contribution in [3.63, 3.8) is 0 Å². The fourth-order valence-corrected chi connectivity index (χ4v) is 3.19. The highest BCUT2D eigenvalue weighted by atomic mass is 16.5. The van der Waals surface area contributed by atoms with E-state index in [1.54, 1.807) is 0 Å². The van der Waals surface area contributed by atoms with Crippen LogP contribution < -0.4 is 5.32 Å². The summed E-state index contributed by atoms with van der Waals surface area (Å²) in [7, 11) is 2.04. The predicted molar refractivity (Wildman–Crippen MR) is 66.7 cm³/mol. The molecule has 2 aliphatic rings. The van der Waals surface area contributed by atoms with E-state index in [4.69, 9.17) is 4.74 Å². The average Bonchev–Trinajstić information content (AvgIpc) is 2.35. The molecule has 3 nitrogen and oxygen atoms in total. The zero-order valence-corrected chi connectivity index (χ0v) is 10.7. The minimum Gasteiger partial charge on any atom is -0.375 e. The summed E-state index contributed by atoms with van der Waals surface area (Å²) in [4.78, 5) is 2.70. The standard InChI is InChI=1S/C13H26N2O/c1-11(7-8-14-2)15-9-10-16-13-6-4-3-5-12(13)15/h11-14H,3-10H2,1-2H3. The van der Waals surface area contributed by atoms with Crippen LogP contribution in [0.1, 0.15) is 39.0 Å². The number of morpholine rings is 1. The van der Waals surface area contributed by atoms with Gasteiger partial charge in [0.05, 0.1) is 12.7 Å². The second kappa shape index (κ2) is 5.99. The largest absolute Gasteiger partial charge is 0.375 e. The van der Waals surface area contributed by atoms with Crippen molar-refractivity contribution in [2.75, 3.05) is 26.7 Å². The van der Waals surface area contributed by atoms with E-state index in [1.165, 1.54) is 32.1 Å². The summed E-state index contributed by atoms with van der Waals surface area (Å²) in [6, 6.07) is 1.40. The first-order valence-electron chi connectivity index (χ1n) is 6.85. The van der Waals surface area contributed by atoms with Crippen LogP contribution >= 0.6 is 0 Å². The lowest BCUT2D eigenvalue weighted by Gasteiger charge is -2.46. The molecule has 1 N–H and O–H groups in total. The number of ether oxygens (including phenoxy) is 1. The van der Waals surface area contributed by atoms with Gasteiger partial charge in [0.2, 0.25) is 0 Å². The predicted octanol–water partition coefficient (Wildman–Crippen LogP) is 1.63. The number of nitrogens with zero attached hydrogens (tertiary/aromatic N) is 1. The highest BCUT2D eigenvalue weighted by Crippen LogP contribution is 2.30. The van der Waals surface area contributed by atoms with Gasteiger partial charge in [0, 0.05) is 18.6 Å². The Hall–Kier alpha value is -0.120. The zero-order valence-electron chi connectivity index (χ0n) is 10.7. The van der Waals surface area contributed by atoms with Crippen LogP contribution in [0.3, 0.4) is 0 Å². The lowest BCUT2D eigenvalue weighted by molar-refractivity contribution is -0.101. The Labute approximate surface area is 99.5 Å². The molecule has 1 saturated heterocycles. The molecule has 0 radical (unpaired) electrons. The Bertz CT molecular complexity index is 208. The van der Waals surface area contributed by atoms with Gasteiger partial charge in [0.15, 0.2) is 0 Å². The Morgan fingerprint density at radius 3 is 3.00 bits per heavy atom. The summed E-state index contributed by atoms with van der Waals surface area (Å²) >= 11 is 0. The van der Waals surface area contributed by atoms with Crippen LogP contribution in [0.4, 0.5) is 0 Å². The molecule has 0 aromatic rings. The number of hydrogen-bond acceptors (Lipinski definition) is 3. The third-order valence-corrected chi connectivity index (χ3v) is 4.15. The van der Waals surface area contributed by atoms with Crippen LogP contribution in [-0.2, 0) is 4.74 Å². The molecule has 0 spiro atoms. The summed E-state index contributed by atoms with van der Waals surface area (Å²) in [5.74, 6) is 0. The van der Waals surface area contributed by atoms with E-state index in [0.717, 1.165) is 19.7 Å². The van der Waals surface area contributed by atoms with Gasteiger partial charge in [0.25, 0.3) is 0 Å². The van der Waals surface area contributed by atoms with Gasteiger partial charge in [-0.1, -0.05) is 12.8 Å². The second-order valence-electron chi connectivity index (χ2n) is 5.24. The lowest BCUT2D eigenvalue weighted by atomic mass is 9.89. The molecule has 0 aromatic carbocycles. The third-order valence-electron chi connectivity index (χ3n) is 4.15. The van der Waals surface area contributed by atoms with Gasteiger partial charge in [-0.2, -0.15) is 0 Å². The molecule has 94 valence electrons. The molecule has 0 amide bonds. The minimum atomic E-state index is 0.527. The van der Waals surface area contributed by atoms with E-state index in [9.17, 15) is 0 Å². The molecule has 1 heterocycles. The maximum atomic E-state index is 5.91. The SMILES string of the molecule is CNCCC(C)N1CCOC2CCCCC21. The van der Waals surface area contributed by atoms with E-state index in [-0.39, 0.29) is 0 Å². The average molecular weight is 226 g/mol. The van der Waals surface area contributed by atoms with Crippen molar-refractivity contribution in [1.29, 1.82) is 0 Å². The molecule has 1 aliphatic carbocycles. The van der Waals surface area contributed by atoms with E-state index < -0.39 is 0 Å². The second-order valence-corrected chi connectivity index (χ2v) is 5.24. The van der Waals surface area contributed by atoms with Gasteiger partial charge < -0.3 is 10.1 Å². The Balaban J connectivity index is 1.91. The molecule has 3 atom stereocenters. The number of nitrogens with one attached hydrogen (secondary N) is 1. The molecule has 2 fully saturated rings. The van der Waals surface area contributed by atoms with Crippen LogP contribution in [-0.4, -0.2) is 49.8 Å². The summed E-state index contributed by atoms with van der Waals surface area (Å²) in [6.07, 6.45) is 7.15. The van der Waals surface area contributed by atoms with Crippen molar-refractivity contribution in [3.8, 4) is 0 Å². The first kappa shape index (κ1) is 12.3.